The third kappa shape index (κ3) is 3.80. The van der Waals surface area contributed by atoms with Gasteiger partial charge in [-0.3, -0.25) is 4.79 Å². The van der Waals surface area contributed by atoms with Gasteiger partial charge in [0.1, 0.15) is 4.88 Å². The van der Waals surface area contributed by atoms with Gasteiger partial charge in [0.15, 0.2) is 16.6 Å². The van der Waals surface area contributed by atoms with Crippen molar-refractivity contribution in [2.24, 2.45) is 0 Å². The van der Waals surface area contributed by atoms with Crippen molar-refractivity contribution in [2.45, 2.75) is 33.6 Å². The van der Waals surface area contributed by atoms with E-state index in [-0.39, 0.29) is 18.1 Å². The van der Waals surface area contributed by atoms with Crippen LogP contribution in [0.2, 0.25) is 0 Å². The Morgan fingerprint density at radius 2 is 2.11 bits per heavy atom. The van der Waals surface area contributed by atoms with E-state index in [0.717, 1.165) is 19.4 Å². The number of hydrogen-bond donors (Lipinski definition) is 1. The number of nitrogens with one attached hydrogen (secondary N) is 1. The number of anilines is 1. The smallest absolute Gasteiger partial charge is 0.358 e. The first-order valence-electron chi connectivity index (χ1n) is 6.02. The minimum Gasteiger partial charge on any atom is -0.461 e. The predicted octanol–water partition coefficient (Wildman–Crippen LogP) is 2.73. The molecule has 5 nitrogen and oxygen atoms in total. The highest BCUT2D eigenvalue weighted by molar-refractivity contribution is 7.17. The molecule has 0 saturated carbocycles. The van der Waals surface area contributed by atoms with Crippen molar-refractivity contribution in [1.29, 1.82) is 0 Å². The molecule has 0 fully saturated rings. The minimum absolute atomic E-state index is 0.119. The van der Waals surface area contributed by atoms with Crippen LogP contribution in [0.1, 0.15) is 53.8 Å². The first-order valence-corrected chi connectivity index (χ1v) is 6.84. The number of rotatable bonds is 7. The second kappa shape index (κ2) is 7.10. The number of carbonyl (C=O) groups excluding carboxylic acids is 2. The fourth-order valence-corrected chi connectivity index (χ4v) is 2.22. The van der Waals surface area contributed by atoms with Crippen molar-refractivity contribution in [3.8, 4) is 0 Å². The van der Waals surface area contributed by atoms with Crippen molar-refractivity contribution in [3.63, 3.8) is 0 Å². The molecular formula is C12H18N2O3S. The van der Waals surface area contributed by atoms with E-state index in [2.05, 4.69) is 17.2 Å². The maximum Gasteiger partial charge on any atom is 0.358 e. The third-order valence-electron chi connectivity index (χ3n) is 2.22. The van der Waals surface area contributed by atoms with Crippen molar-refractivity contribution in [2.75, 3.05) is 18.5 Å². The Balaban J connectivity index is 2.87. The lowest BCUT2D eigenvalue weighted by molar-refractivity contribution is 0.0517. The molecule has 0 aliphatic carbocycles. The van der Waals surface area contributed by atoms with Crippen LogP contribution in [-0.2, 0) is 4.74 Å². The molecule has 0 radical (unpaired) electrons. The molecule has 0 amide bonds. The molecule has 0 saturated heterocycles. The largest absolute Gasteiger partial charge is 0.461 e. The Morgan fingerprint density at radius 3 is 2.67 bits per heavy atom. The lowest BCUT2D eigenvalue weighted by Gasteiger charge is -1.99. The number of Topliss-reactive ketones (excluding diaryl/α,β-unsaturated/α-hetero) is 1. The molecule has 0 atom stereocenters. The predicted molar refractivity (Wildman–Crippen MR) is 71.5 cm³/mol. The Morgan fingerprint density at radius 1 is 1.39 bits per heavy atom. The van der Waals surface area contributed by atoms with Crippen molar-refractivity contribution in [1.82, 2.24) is 4.98 Å². The van der Waals surface area contributed by atoms with Crippen LogP contribution in [0, 0.1) is 0 Å². The molecule has 0 bridgehead atoms. The van der Waals surface area contributed by atoms with Gasteiger partial charge in [0, 0.05) is 13.5 Å². The molecule has 1 rings (SSSR count). The SMILES string of the molecule is CCCCNc1nc(C(=O)OCC)c(C(C)=O)s1. The number of thiazole rings is 1. The summed E-state index contributed by atoms with van der Waals surface area (Å²) in [4.78, 5) is 27.6. The molecule has 1 aromatic rings. The van der Waals surface area contributed by atoms with Crippen LogP contribution in [0.15, 0.2) is 0 Å². The average Bonchev–Trinajstić information content (AvgIpc) is 2.74. The van der Waals surface area contributed by atoms with Crippen molar-refractivity contribution in [3.05, 3.63) is 10.6 Å². The molecule has 1 heterocycles. The zero-order valence-corrected chi connectivity index (χ0v) is 11.7. The van der Waals surface area contributed by atoms with Gasteiger partial charge in [0.05, 0.1) is 6.61 Å². The fourth-order valence-electron chi connectivity index (χ4n) is 1.34. The molecule has 1 N–H and O–H groups in total. The van der Waals surface area contributed by atoms with Crippen LogP contribution >= 0.6 is 11.3 Å². The van der Waals surface area contributed by atoms with E-state index in [0.29, 0.717) is 10.0 Å². The van der Waals surface area contributed by atoms with E-state index in [1.54, 1.807) is 6.92 Å². The second-order valence-corrected chi connectivity index (χ2v) is 4.75. The summed E-state index contributed by atoms with van der Waals surface area (Å²) < 4.78 is 4.88. The number of ketones is 1. The zero-order valence-electron chi connectivity index (χ0n) is 10.9. The lowest BCUT2D eigenvalue weighted by Crippen LogP contribution is -2.09. The molecule has 0 aliphatic heterocycles. The molecule has 6 heteroatoms. The standard InChI is InChI=1S/C12H18N2O3S/c1-4-6-7-13-12-14-9(11(16)17-5-2)10(18-12)8(3)15/h4-7H2,1-3H3,(H,13,14). The lowest BCUT2D eigenvalue weighted by atomic mass is 10.3. The van der Waals surface area contributed by atoms with Crippen molar-refractivity contribution < 1.29 is 14.3 Å². The Kier molecular flexibility index (Phi) is 5.77. The number of unbranched alkanes of at least 4 members (excludes halogenated alkanes) is 1. The van der Waals surface area contributed by atoms with Gasteiger partial charge < -0.3 is 10.1 Å². The number of hydrogen-bond acceptors (Lipinski definition) is 6. The quantitative estimate of drug-likeness (QED) is 0.469. The van der Waals surface area contributed by atoms with Gasteiger partial charge in [-0.05, 0) is 13.3 Å². The molecule has 0 aromatic carbocycles. The first-order chi connectivity index (χ1) is 8.60. The molecule has 0 unspecified atom stereocenters. The van der Waals surface area contributed by atoms with Crippen LogP contribution in [0.5, 0.6) is 0 Å². The number of carbonyl (C=O) groups is 2. The van der Waals surface area contributed by atoms with E-state index in [1.165, 1.54) is 18.3 Å². The second-order valence-electron chi connectivity index (χ2n) is 3.75. The first kappa shape index (κ1) is 14.6. The molecule has 100 valence electrons. The summed E-state index contributed by atoms with van der Waals surface area (Å²) in [6.07, 6.45) is 2.09. The van der Waals surface area contributed by atoms with E-state index >= 15 is 0 Å². The normalized spacial score (nSPS) is 10.2. The van der Waals surface area contributed by atoms with Gasteiger partial charge >= 0.3 is 5.97 Å². The average molecular weight is 270 g/mol. The zero-order chi connectivity index (χ0) is 13.5. The van der Waals surface area contributed by atoms with E-state index in [1.807, 2.05) is 0 Å². The highest BCUT2D eigenvalue weighted by Gasteiger charge is 2.21. The highest BCUT2D eigenvalue weighted by atomic mass is 32.1. The molecule has 0 spiro atoms. The van der Waals surface area contributed by atoms with Gasteiger partial charge in [-0.2, -0.15) is 0 Å². The monoisotopic (exact) mass is 270 g/mol. The van der Waals surface area contributed by atoms with Crippen molar-refractivity contribution >= 4 is 28.2 Å². The van der Waals surface area contributed by atoms with Crippen LogP contribution < -0.4 is 5.32 Å². The molecular weight excluding hydrogens is 252 g/mol. The van der Waals surface area contributed by atoms with Crippen LogP contribution in [-0.4, -0.2) is 29.9 Å². The summed E-state index contributed by atoms with van der Waals surface area (Å²) in [6, 6.07) is 0. The summed E-state index contributed by atoms with van der Waals surface area (Å²) in [7, 11) is 0. The van der Waals surface area contributed by atoms with Gasteiger partial charge in [-0.1, -0.05) is 24.7 Å². The van der Waals surface area contributed by atoms with E-state index in [9.17, 15) is 9.59 Å². The number of esters is 1. The van der Waals surface area contributed by atoms with E-state index in [4.69, 9.17) is 4.74 Å². The third-order valence-corrected chi connectivity index (χ3v) is 3.34. The Labute approximate surface area is 111 Å². The summed E-state index contributed by atoms with van der Waals surface area (Å²) in [5.41, 5.74) is 0.119. The summed E-state index contributed by atoms with van der Waals surface area (Å²) >= 11 is 1.20. The Bertz CT molecular complexity index is 429. The van der Waals surface area contributed by atoms with Gasteiger partial charge in [0.2, 0.25) is 0 Å². The van der Waals surface area contributed by atoms with Gasteiger partial charge in [0.25, 0.3) is 0 Å². The summed E-state index contributed by atoms with van der Waals surface area (Å²) in [5, 5.41) is 3.70. The van der Waals surface area contributed by atoms with E-state index < -0.39 is 5.97 Å². The maximum atomic E-state index is 11.7. The summed E-state index contributed by atoms with van der Waals surface area (Å²) in [5.74, 6) is -0.707. The highest BCUT2D eigenvalue weighted by Crippen LogP contribution is 2.24. The molecule has 1 aromatic heterocycles. The van der Waals surface area contributed by atoms with Crippen LogP contribution in [0.3, 0.4) is 0 Å². The molecule has 18 heavy (non-hydrogen) atoms. The molecule has 0 aliphatic rings. The van der Waals surface area contributed by atoms with Crippen LogP contribution in [0.4, 0.5) is 5.13 Å². The Hall–Kier alpha value is -1.43. The van der Waals surface area contributed by atoms with Gasteiger partial charge in [-0.25, -0.2) is 9.78 Å². The summed E-state index contributed by atoms with van der Waals surface area (Å²) in [6.45, 7) is 6.29. The van der Waals surface area contributed by atoms with Gasteiger partial charge in [-0.15, -0.1) is 0 Å². The minimum atomic E-state index is -0.539. The fraction of sp³-hybridized carbons (Fsp3) is 0.583. The number of ether oxygens (including phenoxy) is 1. The maximum absolute atomic E-state index is 11.7. The number of aromatic nitrogens is 1. The number of nitrogens with zero attached hydrogens (tertiary/aromatic N) is 1. The van der Waals surface area contributed by atoms with Crippen LogP contribution in [0.25, 0.3) is 0 Å². The topological polar surface area (TPSA) is 68.3 Å².